The van der Waals surface area contributed by atoms with E-state index >= 15 is 0 Å². The maximum atomic E-state index is 12.1. The lowest BCUT2D eigenvalue weighted by molar-refractivity contribution is -0.123. The molecule has 0 aliphatic rings. The molecule has 2 N–H and O–H groups in total. The van der Waals surface area contributed by atoms with Crippen molar-refractivity contribution in [3.63, 3.8) is 0 Å². The van der Waals surface area contributed by atoms with E-state index in [-0.39, 0.29) is 0 Å². The van der Waals surface area contributed by atoms with Gasteiger partial charge in [0.15, 0.2) is 0 Å². The van der Waals surface area contributed by atoms with Crippen LogP contribution >= 0.6 is 0 Å². The van der Waals surface area contributed by atoms with Crippen LogP contribution in [-0.4, -0.2) is 51.5 Å². The van der Waals surface area contributed by atoms with Crippen LogP contribution in [0.15, 0.2) is 0 Å². The first kappa shape index (κ1) is 21.6. The van der Waals surface area contributed by atoms with Crippen LogP contribution in [0.4, 0.5) is 4.79 Å². The molecular formula is C14H28N2O6S. The van der Waals surface area contributed by atoms with E-state index in [1.54, 1.807) is 20.8 Å². The number of ether oxygens (including phenoxy) is 1. The minimum atomic E-state index is -3.72. The highest BCUT2D eigenvalue weighted by Gasteiger charge is 2.25. The number of carbonyl (C=O) groups excluding carboxylic acids is 2. The maximum absolute atomic E-state index is 12.1. The summed E-state index contributed by atoms with van der Waals surface area (Å²) in [5.41, 5.74) is -0.732. The molecule has 0 aromatic heterocycles. The highest BCUT2D eigenvalue weighted by molar-refractivity contribution is 7.85. The van der Waals surface area contributed by atoms with Crippen molar-refractivity contribution in [3.8, 4) is 0 Å². The highest BCUT2D eigenvalue weighted by Crippen LogP contribution is 2.07. The Kier molecular flexibility index (Phi) is 9.14. The molecule has 0 radical (unpaired) electrons. The zero-order valence-corrected chi connectivity index (χ0v) is 15.3. The van der Waals surface area contributed by atoms with Crippen molar-refractivity contribution in [2.75, 3.05) is 19.4 Å². The first-order valence-corrected chi connectivity index (χ1v) is 9.38. The first-order valence-electron chi connectivity index (χ1n) is 7.56. The van der Waals surface area contributed by atoms with E-state index in [0.717, 1.165) is 25.5 Å². The van der Waals surface area contributed by atoms with E-state index in [9.17, 15) is 18.0 Å². The molecule has 23 heavy (non-hydrogen) atoms. The van der Waals surface area contributed by atoms with Gasteiger partial charge in [-0.2, -0.15) is 8.42 Å². The van der Waals surface area contributed by atoms with Gasteiger partial charge in [0.25, 0.3) is 10.1 Å². The summed E-state index contributed by atoms with van der Waals surface area (Å²) in [5.74, 6) is -0.518. The molecule has 0 bridgehead atoms. The maximum Gasteiger partial charge on any atom is 0.408 e. The van der Waals surface area contributed by atoms with Crippen LogP contribution in [0.5, 0.6) is 0 Å². The predicted molar refractivity (Wildman–Crippen MR) is 86.5 cm³/mol. The zero-order chi connectivity index (χ0) is 18.1. The molecule has 0 saturated carbocycles. The lowest BCUT2D eigenvalue weighted by Gasteiger charge is -2.23. The van der Waals surface area contributed by atoms with Crippen molar-refractivity contribution >= 4 is 22.1 Å². The normalized spacial score (nSPS) is 13.3. The smallest absolute Gasteiger partial charge is 0.408 e. The van der Waals surface area contributed by atoms with Gasteiger partial charge in [-0.05, 0) is 27.2 Å². The molecule has 0 aliphatic carbocycles. The summed E-state index contributed by atoms with van der Waals surface area (Å²) in [6.07, 6.45) is 2.82. The molecule has 0 spiro atoms. The minimum Gasteiger partial charge on any atom is -0.444 e. The van der Waals surface area contributed by atoms with Gasteiger partial charge in [-0.3, -0.25) is 8.98 Å². The van der Waals surface area contributed by atoms with Crippen molar-refractivity contribution in [2.24, 2.45) is 0 Å². The van der Waals surface area contributed by atoms with E-state index in [2.05, 4.69) is 14.8 Å². The summed E-state index contributed by atoms with van der Waals surface area (Å²) in [5, 5.41) is 4.96. The first-order chi connectivity index (χ1) is 10.4. The van der Waals surface area contributed by atoms with Gasteiger partial charge in [0, 0.05) is 6.54 Å². The van der Waals surface area contributed by atoms with Crippen LogP contribution in [0, 0.1) is 0 Å². The average molecular weight is 352 g/mol. The van der Waals surface area contributed by atoms with Crippen LogP contribution in [0.3, 0.4) is 0 Å². The average Bonchev–Trinajstić information content (AvgIpc) is 2.36. The fourth-order valence-electron chi connectivity index (χ4n) is 1.53. The predicted octanol–water partition coefficient (Wildman–Crippen LogP) is 1.16. The number of carbonyl (C=O) groups is 2. The van der Waals surface area contributed by atoms with Gasteiger partial charge in [0.05, 0.1) is 12.9 Å². The summed E-state index contributed by atoms with van der Waals surface area (Å²) >= 11 is 0. The summed E-state index contributed by atoms with van der Waals surface area (Å²) in [6.45, 7) is 7.03. The Bertz CT molecular complexity index is 484. The van der Waals surface area contributed by atoms with E-state index in [1.807, 2.05) is 6.92 Å². The van der Waals surface area contributed by atoms with Crippen molar-refractivity contribution < 1.29 is 26.9 Å². The molecule has 8 nitrogen and oxygen atoms in total. The standard InChI is InChI=1S/C14H28N2O6S/c1-6-7-8-9-15-12(17)11(10-21-23(5,19)20)16-13(18)22-14(2,3)4/h11H,6-10H2,1-5H3,(H,15,17)(H,16,18). The molecule has 1 unspecified atom stereocenters. The van der Waals surface area contributed by atoms with Crippen molar-refractivity contribution in [1.82, 2.24) is 10.6 Å². The van der Waals surface area contributed by atoms with Crippen LogP contribution in [0.1, 0.15) is 47.0 Å². The van der Waals surface area contributed by atoms with Gasteiger partial charge in [0.2, 0.25) is 5.91 Å². The molecule has 0 aliphatic heterocycles. The number of rotatable bonds is 9. The SMILES string of the molecule is CCCCCNC(=O)C(COS(C)(=O)=O)NC(=O)OC(C)(C)C. The molecule has 9 heteroatoms. The number of hydrogen-bond donors (Lipinski definition) is 2. The van der Waals surface area contributed by atoms with E-state index in [0.29, 0.717) is 6.54 Å². The topological polar surface area (TPSA) is 111 Å². The largest absolute Gasteiger partial charge is 0.444 e. The van der Waals surface area contributed by atoms with Crippen LogP contribution in [0.25, 0.3) is 0 Å². The summed E-state index contributed by atoms with van der Waals surface area (Å²) in [7, 11) is -3.72. The van der Waals surface area contributed by atoms with E-state index in [4.69, 9.17) is 4.74 Å². The minimum absolute atomic E-state index is 0.443. The summed E-state index contributed by atoms with van der Waals surface area (Å²) < 4.78 is 31.8. The van der Waals surface area contributed by atoms with Crippen molar-refractivity contribution in [2.45, 2.75) is 58.6 Å². The third kappa shape index (κ3) is 12.8. The third-order valence-corrected chi connectivity index (χ3v) is 3.10. The third-order valence-electron chi connectivity index (χ3n) is 2.54. The summed E-state index contributed by atoms with van der Waals surface area (Å²) in [6, 6.07) is -1.15. The highest BCUT2D eigenvalue weighted by atomic mass is 32.2. The van der Waals surface area contributed by atoms with Gasteiger partial charge >= 0.3 is 6.09 Å². The Morgan fingerprint density at radius 3 is 2.26 bits per heavy atom. The Hall–Kier alpha value is -1.35. The van der Waals surface area contributed by atoms with E-state index in [1.165, 1.54) is 0 Å². The van der Waals surface area contributed by atoms with Crippen LogP contribution in [-0.2, 0) is 23.8 Å². The second-order valence-corrected chi connectivity index (χ2v) is 7.83. The Balaban J connectivity index is 4.66. The molecule has 0 heterocycles. The monoisotopic (exact) mass is 352 g/mol. The van der Waals surface area contributed by atoms with Crippen molar-refractivity contribution in [1.29, 1.82) is 0 Å². The molecule has 2 amide bonds. The van der Waals surface area contributed by atoms with Gasteiger partial charge in [-0.25, -0.2) is 4.79 Å². The number of nitrogens with one attached hydrogen (secondary N) is 2. The second-order valence-electron chi connectivity index (χ2n) is 6.19. The van der Waals surface area contributed by atoms with Crippen LogP contribution < -0.4 is 10.6 Å². The molecular weight excluding hydrogens is 324 g/mol. The lowest BCUT2D eigenvalue weighted by Crippen LogP contribution is -2.51. The summed E-state index contributed by atoms with van der Waals surface area (Å²) in [4.78, 5) is 23.8. The molecule has 0 saturated heterocycles. The molecule has 0 fully saturated rings. The Morgan fingerprint density at radius 1 is 1.17 bits per heavy atom. The van der Waals surface area contributed by atoms with Gasteiger partial charge < -0.3 is 15.4 Å². The van der Waals surface area contributed by atoms with E-state index < -0.39 is 40.4 Å². The quantitative estimate of drug-likeness (QED) is 0.476. The molecule has 0 rings (SSSR count). The second kappa shape index (κ2) is 9.71. The lowest BCUT2D eigenvalue weighted by atomic mass is 10.2. The molecule has 136 valence electrons. The number of amides is 2. The number of hydrogen-bond acceptors (Lipinski definition) is 6. The number of unbranched alkanes of at least 4 members (excludes halogenated alkanes) is 2. The Morgan fingerprint density at radius 2 is 1.78 bits per heavy atom. The van der Waals surface area contributed by atoms with Gasteiger partial charge in [0.1, 0.15) is 11.6 Å². The van der Waals surface area contributed by atoms with Crippen molar-refractivity contribution in [3.05, 3.63) is 0 Å². The molecule has 0 aromatic rings. The molecule has 1 atom stereocenters. The zero-order valence-electron chi connectivity index (χ0n) is 14.5. The fourth-order valence-corrected chi connectivity index (χ4v) is 1.92. The number of alkyl carbamates (subject to hydrolysis) is 1. The van der Waals surface area contributed by atoms with Crippen LogP contribution in [0.2, 0.25) is 0 Å². The van der Waals surface area contributed by atoms with Gasteiger partial charge in [-0.1, -0.05) is 19.8 Å². The Labute approximate surface area is 138 Å². The fraction of sp³-hybridized carbons (Fsp3) is 0.857. The molecule has 0 aromatic carbocycles. The van der Waals surface area contributed by atoms with Gasteiger partial charge in [-0.15, -0.1) is 0 Å².